The van der Waals surface area contributed by atoms with Crippen molar-refractivity contribution >= 4 is 11.8 Å². The molecule has 0 unspecified atom stereocenters. The zero-order chi connectivity index (χ0) is 9.68. The number of pyridine rings is 1. The molecule has 0 spiro atoms. The Morgan fingerprint density at radius 2 is 2.38 bits per heavy atom. The lowest BCUT2D eigenvalue weighted by Crippen LogP contribution is -2.23. The Morgan fingerprint density at radius 3 is 2.92 bits per heavy atom. The van der Waals surface area contributed by atoms with Crippen LogP contribution in [-0.4, -0.2) is 11.0 Å². The van der Waals surface area contributed by atoms with Crippen LogP contribution in [0.3, 0.4) is 0 Å². The van der Waals surface area contributed by atoms with Gasteiger partial charge in [0.05, 0.1) is 0 Å². The second kappa shape index (κ2) is 4.25. The standard InChI is InChI=1S/C9H11N3O/c1-3-10-9(13)12-8-5-4-7(2)6-11-8/h3-6H,1H2,2H3,(H2,10,11,12,13). The number of hydrogen-bond acceptors (Lipinski definition) is 2. The highest BCUT2D eigenvalue weighted by molar-refractivity contribution is 5.88. The average Bonchev–Trinajstić information content (AvgIpc) is 2.09. The molecule has 4 heteroatoms. The molecule has 1 aromatic heterocycles. The van der Waals surface area contributed by atoms with E-state index in [0.717, 1.165) is 5.56 Å². The van der Waals surface area contributed by atoms with E-state index in [9.17, 15) is 4.79 Å². The summed E-state index contributed by atoms with van der Waals surface area (Å²) >= 11 is 0. The molecule has 2 amide bonds. The predicted octanol–water partition coefficient (Wildman–Crippen LogP) is 1.66. The molecule has 4 nitrogen and oxygen atoms in total. The van der Waals surface area contributed by atoms with Crippen molar-refractivity contribution in [2.75, 3.05) is 5.32 Å². The molecular weight excluding hydrogens is 166 g/mol. The average molecular weight is 177 g/mol. The monoisotopic (exact) mass is 177 g/mol. The summed E-state index contributed by atoms with van der Waals surface area (Å²) in [4.78, 5) is 15.0. The molecule has 0 aliphatic carbocycles. The Balaban J connectivity index is 2.59. The Hall–Kier alpha value is -1.84. The minimum atomic E-state index is -0.341. The lowest BCUT2D eigenvalue weighted by molar-refractivity contribution is 0.255. The van der Waals surface area contributed by atoms with E-state index in [0.29, 0.717) is 5.82 Å². The van der Waals surface area contributed by atoms with E-state index in [1.54, 1.807) is 12.3 Å². The number of amides is 2. The molecule has 0 bridgehead atoms. The van der Waals surface area contributed by atoms with Crippen molar-refractivity contribution in [1.29, 1.82) is 0 Å². The lowest BCUT2D eigenvalue weighted by Gasteiger charge is -2.02. The van der Waals surface area contributed by atoms with E-state index < -0.39 is 0 Å². The number of aromatic nitrogens is 1. The van der Waals surface area contributed by atoms with Gasteiger partial charge in [-0.05, 0) is 24.8 Å². The fraction of sp³-hybridized carbons (Fsp3) is 0.111. The molecule has 1 aromatic rings. The number of urea groups is 1. The van der Waals surface area contributed by atoms with Crippen molar-refractivity contribution in [3.63, 3.8) is 0 Å². The molecule has 0 saturated heterocycles. The van der Waals surface area contributed by atoms with Crippen molar-refractivity contribution in [3.8, 4) is 0 Å². The smallest absolute Gasteiger partial charge is 0.315 e. The van der Waals surface area contributed by atoms with Crippen molar-refractivity contribution < 1.29 is 4.79 Å². The number of carbonyl (C=O) groups is 1. The normalized spacial score (nSPS) is 9.00. The van der Waals surface area contributed by atoms with Crippen molar-refractivity contribution in [3.05, 3.63) is 36.7 Å². The van der Waals surface area contributed by atoms with Gasteiger partial charge in [-0.2, -0.15) is 0 Å². The summed E-state index contributed by atoms with van der Waals surface area (Å²) in [6.07, 6.45) is 2.99. The third-order valence-corrected chi connectivity index (χ3v) is 1.39. The second-order valence-electron chi connectivity index (χ2n) is 2.52. The van der Waals surface area contributed by atoms with Gasteiger partial charge >= 0.3 is 6.03 Å². The molecule has 0 aromatic carbocycles. The van der Waals surface area contributed by atoms with E-state index >= 15 is 0 Å². The molecule has 1 rings (SSSR count). The van der Waals surface area contributed by atoms with Crippen molar-refractivity contribution in [2.24, 2.45) is 0 Å². The fourth-order valence-electron chi connectivity index (χ4n) is 0.787. The number of nitrogens with zero attached hydrogens (tertiary/aromatic N) is 1. The molecule has 0 saturated carbocycles. The molecule has 0 radical (unpaired) electrons. The fourth-order valence-corrected chi connectivity index (χ4v) is 0.787. The van der Waals surface area contributed by atoms with Gasteiger partial charge in [0.25, 0.3) is 0 Å². The van der Waals surface area contributed by atoms with Gasteiger partial charge in [0.2, 0.25) is 0 Å². The van der Waals surface area contributed by atoms with Crippen LogP contribution in [0.25, 0.3) is 0 Å². The van der Waals surface area contributed by atoms with Crippen LogP contribution in [0.5, 0.6) is 0 Å². The summed E-state index contributed by atoms with van der Waals surface area (Å²) in [5.41, 5.74) is 1.05. The number of nitrogens with one attached hydrogen (secondary N) is 2. The van der Waals surface area contributed by atoms with E-state index in [-0.39, 0.29) is 6.03 Å². The van der Waals surface area contributed by atoms with Crippen LogP contribution in [0, 0.1) is 6.92 Å². The second-order valence-corrected chi connectivity index (χ2v) is 2.52. The summed E-state index contributed by atoms with van der Waals surface area (Å²) in [7, 11) is 0. The molecule has 0 fully saturated rings. The largest absolute Gasteiger partial charge is 0.324 e. The number of rotatable bonds is 2. The van der Waals surface area contributed by atoms with Gasteiger partial charge in [0.1, 0.15) is 5.82 Å². The molecule has 0 aliphatic heterocycles. The van der Waals surface area contributed by atoms with E-state index in [2.05, 4.69) is 22.2 Å². The highest BCUT2D eigenvalue weighted by Gasteiger charge is 1.98. The van der Waals surface area contributed by atoms with Crippen LogP contribution in [0.2, 0.25) is 0 Å². The van der Waals surface area contributed by atoms with Gasteiger partial charge in [-0.15, -0.1) is 0 Å². The summed E-state index contributed by atoms with van der Waals surface area (Å²) in [5.74, 6) is 0.518. The first-order chi connectivity index (χ1) is 6.22. The summed E-state index contributed by atoms with van der Waals surface area (Å²) < 4.78 is 0. The maximum atomic E-state index is 11.0. The van der Waals surface area contributed by atoms with Gasteiger partial charge in [0.15, 0.2) is 0 Å². The number of anilines is 1. The van der Waals surface area contributed by atoms with Crippen LogP contribution < -0.4 is 10.6 Å². The van der Waals surface area contributed by atoms with E-state index in [4.69, 9.17) is 0 Å². The predicted molar refractivity (Wildman–Crippen MR) is 51.3 cm³/mol. The number of carbonyl (C=O) groups excluding carboxylic acids is 1. The van der Waals surface area contributed by atoms with E-state index in [1.807, 2.05) is 13.0 Å². The third kappa shape index (κ3) is 2.94. The maximum absolute atomic E-state index is 11.0. The zero-order valence-corrected chi connectivity index (χ0v) is 7.37. The van der Waals surface area contributed by atoms with Crippen LogP contribution in [0.4, 0.5) is 10.6 Å². The SMILES string of the molecule is C=CNC(=O)Nc1ccc(C)cn1. The molecular formula is C9H11N3O. The Morgan fingerprint density at radius 1 is 1.62 bits per heavy atom. The molecule has 13 heavy (non-hydrogen) atoms. The third-order valence-electron chi connectivity index (χ3n) is 1.39. The van der Waals surface area contributed by atoms with Crippen LogP contribution in [0.1, 0.15) is 5.56 Å². The first kappa shape index (κ1) is 9.25. The highest BCUT2D eigenvalue weighted by Crippen LogP contribution is 2.02. The summed E-state index contributed by atoms with van der Waals surface area (Å²) in [6, 6.07) is 3.26. The summed E-state index contributed by atoms with van der Waals surface area (Å²) in [6.45, 7) is 5.30. The minimum absolute atomic E-state index is 0.341. The van der Waals surface area contributed by atoms with E-state index in [1.165, 1.54) is 6.20 Å². The van der Waals surface area contributed by atoms with Crippen molar-refractivity contribution in [2.45, 2.75) is 6.92 Å². The van der Waals surface area contributed by atoms with Crippen LogP contribution >= 0.6 is 0 Å². The van der Waals surface area contributed by atoms with Crippen LogP contribution in [-0.2, 0) is 0 Å². The summed E-state index contributed by atoms with van der Waals surface area (Å²) in [5, 5.41) is 4.92. The minimum Gasteiger partial charge on any atom is -0.315 e. The maximum Gasteiger partial charge on any atom is 0.324 e. The molecule has 0 atom stereocenters. The van der Waals surface area contributed by atoms with Gasteiger partial charge in [-0.3, -0.25) is 5.32 Å². The van der Waals surface area contributed by atoms with Gasteiger partial charge in [-0.1, -0.05) is 12.6 Å². The Labute approximate surface area is 76.7 Å². The van der Waals surface area contributed by atoms with Crippen LogP contribution in [0.15, 0.2) is 31.1 Å². The van der Waals surface area contributed by atoms with Gasteiger partial charge in [-0.25, -0.2) is 9.78 Å². The first-order valence-corrected chi connectivity index (χ1v) is 3.83. The van der Waals surface area contributed by atoms with Crippen molar-refractivity contribution in [1.82, 2.24) is 10.3 Å². The Bertz CT molecular complexity index is 305. The van der Waals surface area contributed by atoms with Gasteiger partial charge < -0.3 is 5.32 Å². The number of hydrogen-bond donors (Lipinski definition) is 2. The molecule has 2 N–H and O–H groups in total. The quantitative estimate of drug-likeness (QED) is 0.721. The van der Waals surface area contributed by atoms with Gasteiger partial charge in [0, 0.05) is 6.20 Å². The lowest BCUT2D eigenvalue weighted by atomic mass is 10.3. The number of aryl methyl sites for hydroxylation is 1. The zero-order valence-electron chi connectivity index (χ0n) is 7.37. The first-order valence-electron chi connectivity index (χ1n) is 3.83. The molecule has 1 heterocycles. The Kier molecular flexibility index (Phi) is 3.03. The highest BCUT2D eigenvalue weighted by atomic mass is 16.2. The topological polar surface area (TPSA) is 54.0 Å². The molecule has 0 aliphatic rings. The molecule has 68 valence electrons.